The first-order valence-corrected chi connectivity index (χ1v) is 6.15. The lowest BCUT2D eigenvalue weighted by Gasteiger charge is -2.17. The molecule has 0 aliphatic carbocycles. The van der Waals surface area contributed by atoms with E-state index in [0.717, 1.165) is 0 Å². The van der Waals surface area contributed by atoms with Crippen LogP contribution in [0.25, 0.3) is 0 Å². The number of hydrogen-bond donors (Lipinski definition) is 2. The van der Waals surface area contributed by atoms with Crippen molar-refractivity contribution in [1.29, 1.82) is 0 Å². The van der Waals surface area contributed by atoms with Gasteiger partial charge in [-0.15, -0.1) is 10.2 Å². The summed E-state index contributed by atoms with van der Waals surface area (Å²) >= 11 is 5.82. The maximum Gasteiger partial charge on any atom is 0.242 e. The Morgan fingerprint density at radius 3 is 2.47 bits per heavy atom. The number of nitrogens with two attached hydrogens (primary N) is 2. The standard InChI is InChI=1S/C12H14ClN5O/c1-2-9(10-11(14)16-12(15)18-17-10)19-8-5-3-7(13)4-6-8/h3-6,9H,2H2,1H3,(H4,14,15,16,18). The lowest BCUT2D eigenvalue weighted by molar-refractivity contribution is 0.195. The van der Waals surface area contributed by atoms with Gasteiger partial charge in [-0.2, -0.15) is 4.98 Å². The van der Waals surface area contributed by atoms with Gasteiger partial charge in [0.05, 0.1) is 0 Å². The number of nitrogen functional groups attached to an aromatic ring is 2. The van der Waals surface area contributed by atoms with Crippen molar-refractivity contribution >= 4 is 23.4 Å². The van der Waals surface area contributed by atoms with E-state index in [-0.39, 0.29) is 17.9 Å². The molecule has 4 N–H and O–H groups in total. The SMILES string of the molecule is CCC(Oc1ccc(Cl)cc1)c1nnc(N)nc1N. The van der Waals surface area contributed by atoms with Crippen LogP contribution in [-0.4, -0.2) is 15.2 Å². The average molecular weight is 280 g/mol. The molecule has 1 aromatic heterocycles. The molecule has 0 radical (unpaired) electrons. The summed E-state index contributed by atoms with van der Waals surface area (Å²) in [5.41, 5.74) is 11.7. The lowest BCUT2D eigenvalue weighted by atomic mass is 10.2. The van der Waals surface area contributed by atoms with E-state index in [2.05, 4.69) is 15.2 Å². The maximum atomic E-state index is 5.82. The molecule has 7 heteroatoms. The number of halogens is 1. The van der Waals surface area contributed by atoms with Gasteiger partial charge in [0, 0.05) is 5.02 Å². The molecule has 0 spiro atoms. The molecule has 0 aliphatic heterocycles. The Morgan fingerprint density at radius 1 is 1.21 bits per heavy atom. The third kappa shape index (κ3) is 3.23. The Kier molecular flexibility index (Phi) is 4.01. The van der Waals surface area contributed by atoms with Crippen LogP contribution >= 0.6 is 11.6 Å². The number of rotatable bonds is 4. The van der Waals surface area contributed by atoms with Crippen molar-refractivity contribution in [2.24, 2.45) is 0 Å². The van der Waals surface area contributed by atoms with E-state index < -0.39 is 0 Å². The highest BCUT2D eigenvalue weighted by Crippen LogP contribution is 2.26. The molecule has 6 nitrogen and oxygen atoms in total. The highest BCUT2D eigenvalue weighted by Gasteiger charge is 2.18. The van der Waals surface area contributed by atoms with Crippen molar-refractivity contribution in [3.05, 3.63) is 35.0 Å². The fourth-order valence-electron chi connectivity index (χ4n) is 1.60. The molecule has 0 aliphatic rings. The van der Waals surface area contributed by atoms with Crippen molar-refractivity contribution in [2.45, 2.75) is 19.4 Å². The molecule has 0 amide bonds. The van der Waals surface area contributed by atoms with Crippen LogP contribution in [0.15, 0.2) is 24.3 Å². The van der Waals surface area contributed by atoms with Crippen molar-refractivity contribution < 1.29 is 4.74 Å². The zero-order valence-electron chi connectivity index (χ0n) is 10.4. The van der Waals surface area contributed by atoms with Crippen molar-refractivity contribution in [1.82, 2.24) is 15.2 Å². The van der Waals surface area contributed by atoms with E-state index >= 15 is 0 Å². The Morgan fingerprint density at radius 2 is 1.89 bits per heavy atom. The Balaban J connectivity index is 2.22. The fourth-order valence-corrected chi connectivity index (χ4v) is 1.72. The highest BCUT2D eigenvalue weighted by molar-refractivity contribution is 6.30. The Hall–Kier alpha value is -2.08. The van der Waals surface area contributed by atoms with Gasteiger partial charge in [0.15, 0.2) is 5.82 Å². The van der Waals surface area contributed by atoms with Crippen LogP contribution in [0.1, 0.15) is 25.1 Å². The number of hydrogen-bond acceptors (Lipinski definition) is 6. The molecule has 0 fully saturated rings. The first-order chi connectivity index (χ1) is 9.10. The zero-order chi connectivity index (χ0) is 13.8. The van der Waals surface area contributed by atoms with Crippen LogP contribution in [0.4, 0.5) is 11.8 Å². The van der Waals surface area contributed by atoms with Crippen LogP contribution in [-0.2, 0) is 0 Å². The van der Waals surface area contributed by atoms with Crippen LogP contribution in [0.3, 0.4) is 0 Å². The van der Waals surface area contributed by atoms with Crippen LogP contribution in [0, 0.1) is 0 Å². The van der Waals surface area contributed by atoms with Gasteiger partial charge >= 0.3 is 0 Å². The monoisotopic (exact) mass is 279 g/mol. The minimum absolute atomic E-state index is 0.0441. The normalized spacial score (nSPS) is 12.1. The van der Waals surface area contributed by atoms with Gasteiger partial charge in [-0.1, -0.05) is 18.5 Å². The van der Waals surface area contributed by atoms with E-state index in [4.69, 9.17) is 27.8 Å². The predicted octanol–water partition coefficient (Wildman–Crippen LogP) is 2.22. The molecular weight excluding hydrogens is 266 g/mol. The molecule has 19 heavy (non-hydrogen) atoms. The van der Waals surface area contributed by atoms with Crippen molar-refractivity contribution in [3.63, 3.8) is 0 Å². The number of nitrogens with zero attached hydrogens (tertiary/aromatic N) is 3. The van der Waals surface area contributed by atoms with E-state index in [1.165, 1.54) is 0 Å². The van der Waals surface area contributed by atoms with Crippen LogP contribution in [0.2, 0.25) is 5.02 Å². The topological polar surface area (TPSA) is 99.9 Å². The van der Waals surface area contributed by atoms with E-state index in [1.807, 2.05) is 6.92 Å². The summed E-state index contributed by atoms with van der Waals surface area (Å²) in [5.74, 6) is 0.949. The Bertz CT molecular complexity index is 561. The quantitative estimate of drug-likeness (QED) is 0.890. The second-order valence-corrected chi connectivity index (χ2v) is 4.35. The third-order valence-electron chi connectivity index (χ3n) is 2.53. The predicted molar refractivity (Wildman–Crippen MR) is 73.8 cm³/mol. The first-order valence-electron chi connectivity index (χ1n) is 5.78. The zero-order valence-corrected chi connectivity index (χ0v) is 11.1. The molecule has 2 aromatic rings. The van der Waals surface area contributed by atoms with Gasteiger partial charge < -0.3 is 16.2 Å². The van der Waals surface area contributed by atoms with Gasteiger partial charge in [0.2, 0.25) is 5.95 Å². The van der Waals surface area contributed by atoms with Crippen molar-refractivity contribution in [3.8, 4) is 5.75 Å². The van der Waals surface area contributed by atoms with E-state index in [9.17, 15) is 0 Å². The lowest BCUT2D eigenvalue weighted by Crippen LogP contribution is -2.14. The highest BCUT2D eigenvalue weighted by atomic mass is 35.5. The fraction of sp³-hybridized carbons (Fsp3) is 0.250. The Labute approximate surface area is 115 Å². The van der Waals surface area contributed by atoms with Gasteiger partial charge in [-0.25, -0.2) is 0 Å². The van der Waals surface area contributed by atoms with Gasteiger partial charge in [0.1, 0.15) is 17.5 Å². The number of benzene rings is 1. The molecule has 1 heterocycles. The minimum Gasteiger partial charge on any atom is -0.484 e. The largest absolute Gasteiger partial charge is 0.484 e. The summed E-state index contributed by atoms with van der Waals surface area (Å²) in [4.78, 5) is 3.88. The van der Waals surface area contributed by atoms with Crippen molar-refractivity contribution in [2.75, 3.05) is 11.5 Å². The summed E-state index contributed by atoms with van der Waals surface area (Å²) in [6, 6.07) is 7.05. The molecule has 0 saturated carbocycles. The number of aromatic nitrogens is 3. The number of ether oxygens (including phenoxy) is 1. The maximum absolute atomic E-state index is 5.82. The summed E-state index contributed by atoms with van der Waals surface area (Å²) in [6.07, 6.45) is 0.342. The van der Waals surface area contributed by atoms with E-state index in [1.54, 1.807) is 24.3 Å². The molecule has 2 rings (SSSR count). The summed E-state index contributed by atoms with van der Waals surface area (Å²) in [6.45, 7) is 1.96. The number of anilines is 2. The van der Waals surface area contributed by atoms with Gasteiger partial charge in [-0.05, 0) is 30.7 Å². The first kappa shape index (κ1) is 13.4. The summed E-state index contributed by atoms with van der Waals surface area (Å²) in [7, 11) is 0. The molecule has 0 bridgehead atoms. The molecular formula is C12H14ClN5O. The minimum atomic E-state index is -0.332. The second-order valence-electron chi connectivity index (χ2n) is 3.91. The second kappa shape index (κ2) is 5.71. The molecule has 0 saturated heterocycles. The van der Waals surface area contributed by atoms with Gasteiger partial charge in [0.25, 0.3) is 0 Å². The molecule has 1 atom stereocenters. The average Bonchev–Trinajstić information content (AvgIpc) is 2.39. The third-order valence-corrected chi connectivity index (χ3v) is 2.78. The van der Waals surface area contributed by atoms with Gasteiger partial charge in [-0.3, -0.25) is 0 Å². The summed E-state index contributed by atoms with van der Waals surface area (Å²) < 4.78 is 5.80. The molecule has 100 valence electrons. The summed E-state index contributed by atoms with van der Waals surface area (Å²) in [5, 5.41) is 8.30. The van der Waals surface area contributed by atoms with Crippen LogP contribution < -0.4 is 16.2 Å². The smallest absolute Gasteiger partial charge is 0.242 e. The molecule has 1 unspecified atom stereocenters. The van der Waals surface area contributed by atoms with Crippen LogP contribution in [0.5, 0.6) is 5.75 Å². The van der Waals surface area contributed by atoms with E-state index in [0.29, 0.717) is 22.9 Å². The molecule has 1 aromatic carbocycles.